The highest BCUT2D eigenvalue weighted by molar-refractivity contribution is 5.77. The number of anilines is 1. The van der Waals surface area contributed by atoms with Gasteiger partial charge in [0.1, 0.15) is 17.4 Å². The largest absolute Gasteiger partial charge is 0.444 e. The average molecular weight is 240 g/mol. The first-order valence-electron chi connectivity index (χ1n) is 5.94. The molecule has 2 rings (SSSR count). The van der Waals surface area contributed by atoms with Crippen LogP contribution in [0.25, 0.3) is 11.1 Å². The number of hydrogen-bond acceptors (Lipinski definition) is 3. The average Bonchev–Trinajstić information content (AvgIpc) is 2.63. The second-order valence-corrected chi connectivity index (χ2v) is 4.66. The molecule has 0 spiro atoms. The molecule has 0 saturated carbocycles. The number of benzene rings is 1. The molecule has 0 atom stereocenters. The molecule has 0 fully saturated rings. The summed E-state index contributed by atoms with van der Waals surface area (Å²) in [6.45, 7) is 6.12. The molecule has 18 heavy (non-hydrogen) atoms. The van der Waals surface area contributed by atoms with Gasteiger partial charge in [0.05, 0.1) is 0 Å². The van der Waals surface area contributed by atoms with Gasteiger partial charge in [-0.25, -0.2) is 0 Å². The SMILES string of the molecule is Cc1oc(N)c(C#N)c1-c1ccc(C(C)C)cc1. The van der Waals surface area contributed by atoms with E-state index in [1.165, 1.54) is 5.56 Å². The van der Waals surface area contributed by atoms with Gasteiger partial charge in [-0.05, 0) is 24.0 Å². The van der Waals surface area contributed by atoms with Crippen LogP contribution < -0.4 is 5.73 Å². The van der Waals surface area contributed by atoms with E-state index in [0.717, 1.165) is 11.1 Å². The Bertz CT molecular complexity index is 601. The molecule has 3 nitrogen and oxygen atoms in total. The molecular weight excluding hydrogens is 224 g/mol. The zero-order chi connectivity index (χ0) is 13.3. The smallest absolute Gasteiger partial charge is 0.209 e. The van der Waals surface area contributed by atoms with Gasteiger partial charge < -0.3 is 10.2 Å². The quantitative estimate of drug-likeness (QED) is 0.867. The molecule has 0 bridgehead atoms. The molecule has 0 aliphatic heterocycles. The van der Waals surface area contributed by atoms with Crippen molar-refractivity contribution in [3.05, 3.63) is 41.2 Å². The van der Waals surface area contributed by atoms with E-state index in [1.807, 2.05) is 19.1 Å². The van der Waals surface area contributed by atoms with Crippen LogP contribution in [0.4, 0.5) is 5.88 Å². The van der Waals surface area contributed by atoms with Crippen molar-refractivity contribution in [2.45, 2.75) is 26.7 Å². The predicted molar refractivity (Wildman–Crippen MR) is 72.1 cm³/mol. The van der Waals surface area contributed by atoms with Gasteiger partial charge in [0.15, 0.2) is 0 Å². The van der Waals surface area contributed by atoms with Crippen molar-refractivity contribution in [1.82, 2.24) is 0 Å². The van der Waals surface area contributed by atoms with Crippen LogP contribution in [-0.4, -0.2) is 0 Å². The molecule has 1 aromatic heterocycles. The van der Waals surface area contributed by atoms with Crippen molar-refractivity contribution < 1.29 is 4.42 Å². The van der Waals surface area contributed by atoms with E-state index >= 15 is 0 Å². The van der Waals surface area contributed by atoms with Crippen LogP contribution in [0.1, 0.15) is 36.7 Å². The van der Waals surface area contributed by atoms with Gasteiger partial charge in [-0.1, -0.05) is 38.1 Å². The van der Waals surface area contributed by atoms with Crippen LogP contribution in [0.15, 0.2) is 28.7 Å². The topological polar surface area (TPSA) is 62.9 Å². The first kappa shape index (κ1) is 12.3. The number of hydrogen-bond donors (Lipinski definition) is 1. The second kappa shape index (κ2) is 4.58. The summed E-state index contributed by atoms with van der Waals surface area (Å²) in [5, 5.41) is 9.13. The van der Waals surface area contributed by atoms with Crippen molar-refractivity contribution >= 4 is 5.88 Å². The minimum absolute atomic E-state index is 0.193. The highest BCUT2D eigenvalue weighted by Crippen LogP contribution is 2.33. The fraction of sp³-hybridized carbons (Fsp3) is 0.267. The van der Waals surface area contributed by atoms with E-state index in [9.17, 15) is 0 Å². The Morgan fingerprint density at radius 2 is 1.83 bits per heavy atom. The molecule has 3 heteroatoms. The van der Waals surface area contributed by atoms with Gasteiger partial charge >= 0.3 is 0 Å². The number of furan rings is 1. The first-order chi connectivity index (χ1) is 8.54. The molecule has 0 aliphatic rings. The molecule has 0 saturated heterocycles. The molecule has 0 aliphatic carbocycles. The lowest BCUT2D eigenvalue weighted by Gasteiger charge is -2.06. The Morgan fingerprint density at radius 3 is 2.33 bits per heavy atom. The van der Waals surface area contributed by atoms with Crippen LogP contribution in [0, 0.1) is 18.3 Å². The normalized spacial score (nSPS) is 10.6. The van der Waals surface area contributed by atoms with E-state index in [2.05, 4.69) is 32.0 Å². The van der Waals surface area contributed by atoms with Crippen molar-refractivity contribution in [2.24, 2.45) is 0 Å². The minimum Gasteiger partial charge on any atom is -0.444 e. The molecule has 2 N–H and O–H groups in total. The van der Waals surface area contributed by atoms with E-state index in [1.54, 1.807) is 0 Å². The lowest BCUT2D eigenvalue weighted by Crippen LogP contribution is -1.89. The summed E-state index contributed by atoms with van der Waals surface area (Å²) in [4.78, 5) is 0. The summed E-state index contributed by atoms with van der Waals surface area (Å²) >= 11 is 0. The standard InChI is InChI=1S/C15H16N2O/c1-9(2)11-4-6-12(7-5-11)14-10(3)18-15(17)13(14)8-16/h4-7,9H,17H2,1-3H3. The van der Waals surface area contributed by atoms with Crippen molar-refractivity contribution in [1.29, 1.82) is 5.26 Å². The number of rotatable bonds is 2. The lowest BCUT2D eigenvalue weighted by atomic mass is 9.97. The number of nitrogen functional groups attached to an aromatic ring is 1. The molecule has 1 heterocycles. The minimum atomic E-state index is 0.193. The van der Waals surface area contributed by atoms with Crippen molar-refractivity contribution in [2.75, 3.05) is 5.73 Å². The van der Waals surface area contributed by atoms with Gasteiger partial charge in [0.25, 0.3) is 0 Å². The molecule has 0 radical (unpaired) electrons. The van der Waals surface area contributed by atoms with E-state index in [0.29, 0.717) is 17.2 Å². The summed E-state index contributed by atoms with van der Waals surface area (Å²) < 4.78 is 5.32. The number of aryl methyl sites for hydroxylation is 1. The summed E-state index contributed by atoms with van der Waals surface area (Å²) in [6, 6.07) is 10.3. The summed E-state index contributed by atoms with van der Waals surface area (Å²) in [5.41, 5.74) is 9.13. The van der Waals surface area contributed by atoms with Crippen molar-refractivity contribution in [3.8, 4) is 17.2 Å². The van der Waals surface area contributed by atoms with Crippen molar-refractivity contribution in [3.63, 3.8) is 0 Å². The third-order valence-electron chi connectivity index (χ3n) is 3.09. The molecule has 0 amide bonds. The maximum atomic E-state index is 9.13. The van der Waals surface area contributed by atoms with Crippen LogP contribution in [0.3, 0.4) is 0 Å². The van der Waals surface area contributed by atoms with E-state index in [-0.39, 0.29) is 5.88 Å². The fourth-order valence-electron chi connectivity index (χ4n) is 2.06. The second-order valence-electron chi connectivity index (χ2n) is 4.66. The van der Waals surface area contributed by atoms with Crippen LogP contribution in [0.2, 0.25) is 0 Å². The highest BCUT2D eigenvalue weighted by atomic mass is 16.4. The summed E-state index contributed by atoms with van der Waals surface area (Å²) in [6.07, 6.45) is 0. The Morgan fingerprint density at radius 1 is 1.22 bits per heavy atom. The van der Waals surface area contributed by atoms with E-state index < -0.39 is 0 Å². The van der Waals surface area contributed by atoms with Gasteiger partial charge in [0.2, 0.25) is 5.88 Å². The molecule has 92 valence electrons. The molecule has 0 unspecified atom stereocenters. The summed E-state index contributed by atoms with van der Waals surface area (Å²) in [5.74, 6) is 1.37. The molecule has 1 aromatic carbocycles. The zero-order valence-electron chi connectivity index (χ0n) is 10.8. The Balaban J connectivity index is 2.53. The van der Waals surface area contributed by atoms with Crippen LogP contribution in [0.5, 0.6) is 0 Å². The van der Waals surface area contributed by atoms with Gasteiger partial charge in [-0.2, -0.15) is 5.26 Å². The maximum absolute atomic E-state index is 9.13. The maximum Gasteiger partial charge on any atom is 0.209 e. The highest BCUT2D eigenvalue weighted by Gasteiger charge is 2.17. The fourth-order valence-corrected chi connectivity index (χ4v) is 2.06. The third-order valence-corrected chi connectivity index (χ3v) is 3.09. The van der Waals surface area contributed by atoms with Crippen LogP contribution >= 0.6 is 0 Å². The Labute approximate surface area is 107 Å². The van der Waals surface area contributed by atoms with Crippen LogP contribution in [-0.2, 0) is 0 Å². The number of nitrogens with zero attached hydrogens (tertiary/aromatic N) is 1. The molecular formula is C15H16N2O. The monoisotopic (exact) mass is 240 g/mol. The third kappa shape index (κ3) is 1.98. The number of nitrogens with two attached hydrogens (primary N) is 1. The zero-order valence-corrected chi connectivity index (χ0v) is 10.8. The summed E-state index contributed by atoms with van der Waals surface area (Å²) in [7, 11) is 0. The van der Waals surface area contributed by atoms with Gasteiger partial charge in [0, 0.05) is 5.56 Å². The lowest BCUT2D eigenvalue weighted by molar-refractivity contribution is 0.554. The van der Waals surface area contributed by atoms with Gasteiger partial charge in [-0.3, -0.25) is 0 Å². The Hall–Kier alpha value is -2.21. The first-order valence-corrected chi connectivity index (χ1v) is 5.94. The Kier molecular flexibility index (Phi) is 3.12. The van der Waals surface area contributed by atoms with Gasteiger partial charge in [-0.15, -0.1) is 0 Å². The number of nitriles is 1. The van der Waals surface area contributed by atoms with E-state index in [4.69, 9.17) is 15.4 Å². The molecule has 2 aromatic rings. The predicted octanol–water partition coefficient (Wildman–Crippen LogP) is 3.83.